The standard InChI is InChI=1S/C21H26N2O2/c1-24-21-5-3-2-4-18(21)19-15-22-10-12-23(19)11-8-16-6-7-20-17(14-16)9-13-25-20/h2-7,14,19,22H,8-13,15H2,1H3. The van der Waals surface area contributed by atoms with E-state index in [1.54, 1.807) is 7.11 Å². The molecule has 1 atom stereocenters. The molecule has 2 aliphatic heterocycles. The van der Waals surface area contributed by atoms with Crippen LogP contribution in [0.2, 0.25) is 0 Å². The molecule has 0 spiro atoms. The van der Waals surface area contributed by atoms with Crippen molar-refractivity contribution in [3.8, 4) is 11.5 Å². The lowest BCUT2D eigenvalue weighted by Crippen LogP contribution is -2.46. The fourth-order valence-electron chi connectivity index (χ4n) is 3.93. The molecule has 0 saturated carbocycles. The van der Waals surface area contributed by atoms with E-state index < -0.39 is 0 Å². The number of hydrogen-bond donors (Lipinski definition) is 1. The van der Waals surface area contributed by atoms with Gasteiger partial charge in [-0.3, -0.25) is 4.90 Å². The van der Waals surface area contributed by atoms with Crippen LogP contribution in [0.15, 0.2) is 42.5 Å². The Labute approximate surface area is 149 Å². The minimum Gasteiger partial charge on any atom is -0.496 e. The highest BCUT2D eigenvalue weighted by atomic mass is 16.5. The predicted octanol–water partition coefficient (Wildman–Crippen LogP) is 2.82. The van der Waals surface area contributed by atoms with Crippen molar-refractivity contribution in [1.29, 1.82) is 0 Å². The van der Waals surface area contributed by atoms with Crippen molar-refractivity contribution in [3.05, 3.63) is 59.2 Å². The van der Waals surface area contributed by atoms with Crippen LogP contribution in [0, 0.1) is 0 Å². The molecule has 2 aromatic carbocycles. The molecule has 2 heterocycles. The van der Waals surface area contributed by atoms with Gasteiger partial charge >= 0.3 is 0 Å². The largest absolute Gasteiger partial charge is 0.496 e. The SMILES string of the molecule is COc1ccccc1C1CNCCN1CCc1ccc2c(c1)CCO2. The summed E-state index contributed by atoms with van der Waals surface area (Å²) in [6, 6.07) is 15.4. The molecule has 2 aliphatic rings. The molecule has 1 fully saturated rings. The van der Waals surface area contributed by atoms with E-state index in [1.807, 2.05) is 6.07 Å². The van der Waals surface area contributed by atoms with Crippen LogP contribution >= 0.6 is 0 Å². The Balaban J connectivity index is 1.48. The van der Waals surface area contributed by atoms with Gasteiger partial charge in [-0.15, -0.1) is 0 Å². The van der Waals surface area contributed by atoms with Crippen molar-refractivity contribution >= 4 is 0 Å². The molecule has 1 saturated heterocycles. The number of piperazine rings is 1. The number of rotatable bonds is 5. The summed E-state index contributed by atoms with van der Waals surface area (Å²) in [5, 5.41) is 3.53. The first-order chi connectivity index (χ1) is 12.3. The number of ether oxygens (including phenoxy) is 2. The van der Waals surface area contributed by atoms with E-state index >= 15 is 0 Å². The molecule has 0 radical (unpaired) electrons. The molecule has 0 amide bonds. The van der Waals surface area contributed by atoms with Crippen molar-refractivity contribution in [3.63, 3.8) is 0 Å². The first-order valence-electron chi connectivity index (χ1n) is 9.17. The maximum Gasteiger partial charge on any atom is 0.123 e. The van der Waals surface area contributed by atoms with Crippen molar-refractivity contribution in [2.75, 3.05) is 39.9 Å². The van der Waals surface area contributed by atoms with Gasteiger partial charge in [-0.1, -0.05) is 30.3 Å². The van der Waals surface area contributed by atoms with Gasteiger partial charge in [-0.05, 0) is 29.7 Å². The van der Waals surface area contributed by atoms with E-state index in [4.69, 9.17) is 9.47 Å². The molecular weight excluding hydrogens is 312 g/mol. The minimum atomic E-state index is 0.364. The molecule has 0 bridgehead atoms. The lowest BCUT2D eigenvalue weighted by molar-refractivity contribution is 0.161. The number of benzene rings is 2. The zero-order chi connectivity index (χ0) is 17.1. The van der Waals surface area contributed by atoms with Crippen molar-refractivity contribution in [2.45, 2.75) is 18.9 Å². The fraction of sp³-hybridized carbons (Fsp3) is 0.429. The molecule has 4 nitrogen and oxygen atoms in total. The van der Waals surface area contributed by atoms with Crippen LogP contribution in [-0.2, 0) is 12.8 Å². The Morgan fingerprint density at radius 1 is 1.24 bits per heavy atom. The highest BCUT2D eigenvalue weighted by Gasteiger charge is 2.25. The number of nitrogens with zero attached hydrogens (tertiary/aromatic N) is 1. The summed E-state index contributed by atoms with van der Waals surface area (Å²) >= 11 is 0. The van der Waals surface area contributed by atoms with Crippen molar-refractivity contribution in [2.24, 2.45) is 0 Å². The first-order valence-corrected chi connectivity index (χ1v) is 9.17. The zero-order valence-electron chi connectivity index (χ0n) is 14.8. The molecule has 2 aromatic rings. The number of para-hydroxylation sites is 1. The second-order valence-electron chi connectivity index (χ2n) is 6.79. The number of nitrogens with one attached hydrogen (secondary N) is 1. The second kappa shape index (κ2) is 7.46. The smallest absolute Gasteiger partial charge is 0.123 e. The third kappa shape index (κ3) is 3.51. The average molecular weight is 338 g/mol. The maximum atomic E-state index is 5.62. The van der Waals surface area contributed by atoms with Crippen LogP contribution in [0.4, 0.5) is 0 Å². The van der Waals surface area contributed by atoms with E-state index in [-0.39, 0.29) is 0 Å². The molecule has 4 heteroatoms. The fourth-order valence-corrected chi connectivity index (χ4v) is 3.93. The molecule has 132 valence electrons. The number of fused-ring (bicyclic) bond motifs is 1. The van der Waals surface area contributed by atoms with Crippen LogP contribution < -0.4 is 14.8 Å². The Morgan fingerprint density at radius 3 is 3.08 bits per heavy atom. The van der Waals surface area contributed by atoms with Crippen molar-refractivity contribution < 1.29 is 9.47 Å². The molecule has 1 unspecified atom stereocenters. The highest BCUT2D eigenvalue weighted by molar-refractivity contribution is 5.40. The molecule has 0 aromatic heterocycles. The summed E-state index contributed by atoms with van der Waals surface area (Å²) in [5.41, 5.74) is 4.04. The van der Waals surface area contributed by atoms with Crippen molar-refractivity contribution in [1.82, 2.24) is 10.2 Å². The van der Waals surface area contributed by atoms with Crippen LogP contribution in [0.1, 0.15) is 22.7 Å². The van der Waals surface area contributed by atoms with Gasteiger partial charge in [0.15, 0.2) is 0 Å². The summed E-state index contributed by atoms with van der Waals surface area (Å²) in [6.45, 7) is 4.97. The molecular formula is C21H26N2O2. The topological polar surface area (TPSA) is 33.7 Å². The molecule has 4 rings (SSSR count). The Hall–Kier alpha value is -2.04. The van der Waals surface area contributed by atoms with Gasteiger partial charge in [0.05, 0.1) is 19.8 Å². The molecule has 1 N–H and O–H groups in total. The summed E-state index contributed by atoms with van der Waals surface area (Å²) in [7, 11) is 1.76. The summed E-state index contributed by atoms with van der Waals surface area (Å²) in [6.07, 6.45) is 2.11. The van der Waals surface area contributed by atoms with E-state index in [0.717, 1.165) is 57.1 Å². The summed E-state index contributed by atoms with van der Waals surface area (Å²) in [5.74, 6) is 2.05. The van der Waals surface area contributed by atoms with Gasteiger partial charge in [0.2, 0.25) is 0 Å². The lowest BCUT2D eigenvalue weighted by Gasteiger charge is -2.37. The maximum absolute atomic E-state index is 5.62. The third-order valence-corrected chi connectivity index (χ3v) is 5.29. The van der Waals surface area contributed by atoms with E-state index in [1.165, 1.54) is 16.7 Å². The number of methoxy groups -OCH3 is 1. The summed E-state index contributed by atoms with van der Waals surface area (Å²) < 4.78 is 11.2. The average Bonchev–Trinajstić information content (AvgIpc) is 3.14. The molecule has 0 aliphatic carbocycles. The second-order valence-corrected chi connectivity index (χ2v) is 6.79. The van der Waals surface area contributed by atoms with Crippen LogP contribution in [0.3, 0.4) is 0 Å². The lowest BCUT2D eigenvalue weighted by atomic mass is 10.0. The Kier molecular flexibility index (Phi) is 4.90. The summed E-state index contributed by atoms with van der Waals surface area (Å²) in [4.78, 5) is 2.58. The van der Waals surface area contributed by atoms with Gasteiger partial charge in [0, 0.05) is 38.2 Å². The first kappa shape index (κ1) is 16.4. The van der Waals surface area contributed by atoms with E-state index in [2.05, 4.69) is 46.6 Å². The van der Waals surface area contributed by atoms with Gasteiger partial charge in [0.1, 0.15) is 11.5 Å². The van der Waals surface area contributed by atoms with Crippen LogP contribution in [0.25, 0.3) is 0 Å². The van der Waals surface area contributed by atoms with Crippen LogP contribution in [0.5, 0.6) is 11.5 Å². The highest BCUT2D eigenvalue weighted by Crippen LogP contribution is 2.31. The van der Waals surface area contributed by atoms with Gasteiger partial charge in [0.25, 0.3) is 0 Å². The van der Waals surface area contributed by atoms with Gasteiger partial charge in [-0.25, -0.2) is 0 Å². The monoisotopic (exact) mass is 338 g/mol. The van der Waals surface area contributed by atoms with E-state index in [9.17, 15) is 0 Å². The predicted molar refractivity (Wildman–Crippen MR) is 99.5 cm³/mol. The van der Waals surface area contributed by atoms with Crippen LogP contribution in [-0.4, -0.2) is 44.8 Å². The Bertz CT molecular complexity index is 732. The minimum absolute atomic E-state index is 0.364. The third-order valence-electron chi connectivity index (χ3n) is 5.29. The number of hydrogen-bond acceptors (Lipinski definition) is 4. The molecule has 25 heavy (non-hydrogen) atoms. The van der Waals surface area contributed by atoms with Gasteiger partial charge < -0.3 is 14.8 Å². The van der Waals surface area contributed by atoms with E-state index in [0.29, 0.717) is 6.04 Å². The zero-order valence-corrected chi connectivity index (χ0v) is 14.8. The van der Waals surface area contributed by atoms with Gasteiger partial charge in [-0.2, -0.15) is 0 Å². The Morgan fingerprint density at radius 2 is 2.16 bits per heavy atom. The quantitative estimate of drug-likeness (QED) is 0.909. The normalized spacial score (nSPS) is 20.1.